The molecule has 1 rings (SSSR count). The Bertz CT molecular complexity index is 500. The van der Waals surface area contributed by atoms with Gasteiger partial charge in [0.2, 0.25) is 0 Å². The van der Waals surface area contributed by atoms with Crippen molar-refractivity contribution in [3.63, 3.8) is 0 Å². The summed E-state index contributed by atoms with van der Waals surface area (Å²) < 4.78 is 28.3. The van der Waals surface area contributed by atoms with Crippen LogP contribution < -0.4 is 10.1 Å². The van der Waals surface area contributed by atoms with Gasteiger partial charge in [0, 0.05) is 18.3 Å². The smallest absolute Gasteiger partial charge is 0.154 e. The number of methoxy groups -OCH3 is 1. The number of halogens is 1. The van der Waals surface area contributed by atoms with Crippen LogP contribution in [0.2, 0.25) is 5.02 Å². The molecule has 0 aromatic heterocycles. The summed E-state index contributed by atoms with van der Waals surface area (Å²) in [6.45, 7) is 3.73. The number of sulfone groups is 1. The lowest BCUT2D eigenvalue weighted by molar-refractivity contribution is 0.415. The van der Waals surface area contributed by atoms with Gasteiger partial charge in [0.05, 0.1) is 23.1 Å². The summed E-state index contributed by atoms with van der Waals surface area (Å²) >= 11 is 5.90. The summed E-state index contributed by atoms with van der Waals surface area (Å²) in [5.41, 5.74) is 0.787. The molecule has 18 heavy (non-hydrogen) atoms. The summed E-state index contributed by atoms with van der Waals surface area (Å²) in [6, 6.07) is 5.23. The third kappa shape index (κ3) is 4.07. The van der Waals surface area contributed by atoms with Gasteiger partial charge in [-0.15, -0.1) is 0 Å². The average Bonchev–Trinajstić information content (AvgIpc) is 2.31. The van der Waals surface area contributed by atoms with E-state index >= 15 is 0 Å². The van der Waals surface area contributed by atoms with Crippen molar-refractivity contribution in [3.8, 4) is 5.75 Å². The van der Waals surface area contributed by atoms with Crippen molar-refractivity contribution in [2.24, 2.45) is 0 Å². The van der Waals surface area contributed by atoms with E-state index in [2.05, 4.69) is 5.32 Å². The lowest BCUT2D eigenvalue weighted by atomic mass is 10.3. The van der Waals surface area contributed by atoms with Crippen LogP contribution in [0.5, 0.6) is 5.75 Å². The average molecular weight is 292 g/mol. The number of benzene rings is 1. The molecule has 0 spiro atoms. The fraction of sp³-hybridized carbons (Fsp3) is 0.500. The van der Waals surface area contributed by atoms with Crippen LogP contribution in [0.3, 0.4) is 0 Å². The summed E-state index contributed by atoms with van der Waals surface area (Å²) in [6.07, 6.45) is 0. The van der Waals surface area contributed by atoms with E-state index in [1.807, 2.05) is 0 Å². The van der Waals surface area contributed by atoms with Gasteiger partial charge >= 0.3 is 0 Å². The van der Waals surface area contributed by atoms with Gasteiger partial charge in [-0.05, 0) is 26.0 Å². The van der Waals surface area contributed by atoms with Crippen LogP contribution in [-0.4, -0.2) is 33.1 Å². The molecule has 0 saturated carbocycles. The van der Waals surface area contributed by atoms with Gasteiger partial charge in [-0.3, -0.25) is 0 Å². The minimum atomic E-state index is -3.01. The van der Waals surface area contributed by atoms with Crippen LogP contribution >= 0.6 is 11.6 Å². The molecule has 0 fully saturated rings. The Morgan fingerprint density at radius 1 is 1.39 bits per heavy atom. The number of hydrogen-bond acceptors (Lipinski definition) is 4. The van der Waals surface area contributed by atoms with Gasteiger partial charge in [-0.2, -0.15) is 0 Å². The third-order valence-electron chi connectivity index (χ3n) is 2.59. The van der Waals surface area contributed by atoms with Gasteiger partial charge in [0.15, 0.2) is 9.84 Å². The summed E-state index contributed by atoms with van der Waals surface area (Å²) in [5, 5.41) is 3.22. The summed E-state index contributed by atoms with van der Waals surface area (Å²) in [7, 11) is -1.48. The van der Waals surface area contributed by atoms with Crippen molar-refractivity contribution < 1.29 is 13.2 Å². The van der Waals surface area contributed by atoms with E-state index in [1.165, 1.54) is 7.11 Å². The van der Waals surface area contributed by atoms with Crippen molar-refractivity contribution in [1.29, 1.82) is 0 Å². The van der Waals surface area contributed by atoms with E-state index in [-0.39, 0.29) is 11.0 Å². The summed E-state index contributed by atoms with van der Waals surface area (Å²) in [5.74, 6) is 0.670. The fourth-order valence-electron chi connectivity index (χ4n) is 1.34. The Kier molecular flexibility index (Phi) is 5.28. The molecule has 0 heterocycles. The molecule has 0 aliphatic carbocycles. The van der Waals surface area contributed by atoms with E-state index < -0.39 is 9.84 Å². The molecule has 102 valence electrons. The van der Waals surface area contributed by atoms with Gasteiger partial charge in [-0.1, -0.05) is 11.6 Å². The highest BCUT2D eigenvalue weighted by atomic mass is 35.5. The quantitative estimate of drug-likeness (QED) is 0.875. The molecule has 6 heteroatoms. The normalized spacial score (nSPS) is 11.6. The van der Waals surface area contributed by atoms with Crippen LogP contribution in [0, 0.1) is 0 Å². The number of hydrogen-bond donors (Lipinski definition) is 1. The molecule has 0 aliphatic rings. The molecule has 1 N–H and O–H groups in total. The second-order valence-electron chi connectivity index (χ2n) is 4.19. The highest BCUT2D eigenvalue weighted by Gasteiger charge is 2.15. The zero-order valence-corrected chi connectivity index (χ0v) is 12.3. The predicted molar refractivity (Wildman–Crippen MR) is 75.4 cm³/mol. The van der Waals surface area contributed by atoms with Crippen molar-refractivity contribution in [2.45, 2.75) is 19.1 Å². The van der Waals surface area contributed by atoms with E-state index in [1.54, 1.807) is 32.0 Å². The molecular weight excluding hydrogens is 274 g/mol. The molecule has 0 unspecified atom stereocenters. The molecular formula is C12H18ClNO3S. The Hall–Kier alpha value is -0.940. The second kappa shape index (κ2) is 6.29. The Labute approximate surface area is 113 Å². The lowest BCUT2D eigenvalue weighted by Crippen LogP contribution is -2.22. The van der Waals surface area contributed by atoms with E-state index in [9.17, 15) is 8.42 Å². The third-order valence-corrected chi connectivity index (χ3v) is 5.11. The largest absolute Gasteiger partial charge is 0.495 e. The summed E-state index contributed by atoms with van der Waals surface area (Å²) in [4.78, 5) is 0. The molecule has 0 amide bonds. The fourth-order valence-corrected chi connectivity index (χ4v) is 2.40. The van der Waals surface area contributed by atoms with Crippen molar-refractivity contribution in [2.75, 3.05) is 24.7 Å². The molecule has 0 saturated heterocycles. The van der Waals surface area contributed by atoms with Crippen molar-refractivity contribution in [1.82, 2.24) is 0 Å². The van der Waals surface area contributed by atoms with Crippen LogP contribution in [0.25, 0.3) is 0 Å². The molecule has 0 radical (unpaired) electrons. The predicted octanol–water partition coefficient (Wildman–Crippen LogP) is 2.58. The first kappa shape index (κ1) is 15.1. The number of ether oxygens (including phenoxy) is 1. The molecule has 1 aromatic carbocycles. The monoisotopic (exact) mass is 291 g/mol. The Balaban J connectivity index is 2.60. The minimum absolute atomic E-state index is 0.107. The zero-order valence-electron chi connectivity index (χ0n) is 10.7. The maximum absolute atomic E-state index is 11.6. The maximum Gasteiger partial charge on any atom is 0.154 e. The van der Waals surface area contributed by atoms with Gasteiger partial charge in [-0.25, -0.2) is 8.42 Å². The van der Waals surface area contributed by atoms with Crippen molar-refractivity contribution >= 4 is 27.1 Å². The highest BCUT2D eigenvalue weighted by Crippen LogP contribution is 2.27. The Morgan fingerprint density at radius 2 is 2.06 bits per heavy atom. The van der Waals surface area contributed by atoms with Crippen LogP contribution in [0.1, 0.15) is 13.8 Å². The highest BCUT2D eigenvalue weighted by molar-refractivity contribution is 7.92. The van der Waals surface area contributed by atoms with E-state index in [0.29, 0.717) is 17.3 Å². The zero-order chi connectivity index (χ0) is 13.8. The topological polar surface area (TPSA) is 55.4 Å². The standard InChI is InChI=1S/C12H18ClNO3S/c1-9(2)18(15,16)7-6-14-10-4-5-11(13)12(8-10)17-3/h4-5,8-9,14H,6-7H2,1-3H3. The molecule has 0 bridgehead atoms. The lowest BCUT2D eigenvalue weighted by Gasteiger charge is -2.11. The first-order chi connectivity index (χ1) is 8.36. The van der Waals surface area contributed by atoms with Gasteiger partial charge < -0.3 is 10.1 Å². The van der Waals surface area contributed by atoms with Crippen LogP contribution in [0.4, 0.5) is 5.69 Å². The molecule has 0 aliphatic heterocycles. The minimum Gasteiger partial charge on any atom is -0.495 e. The molecule has 0 atom stereocenters. The Morgan fingerprint density at radius 3 is 2.61 bits per heavy atom. The van der Waals surface area contributed by atoms with E-state index in [4.69, 9.17) is 16.3 Å². The van der Waals surface area contributed by atoms with Crippen LogP contribution in [-0.2, 0) is 9.84 Å². The first-order valence-electron chi connectivity index (χ1n) is 5.66. The van der Waals surface area contributed by atoms with Crippen LogP contribution in [0.15, 0.2) is 18.2 Å². The number of rotatable bonds is 6. The first-order valence-corrected chi connectivity index (χ1v) is 7.75. The number of anilines is 1. The van der Waals surface area contributed by atoms with Crippen molar-refractivity contribution in [3.05, 3.63) is 23.2 Å². The molecule has 1 aromatic rings. The van der Waals surface area contributed by atoms with E-state index in [0.717, 1.165) is 5.69 Å². The maximum atomic E-state index is 11.6. The molecule has 4 nitrogen and oxygen atoms in total. The SMILES string of the molecule is COc1cc(NCCS(=O)(=O)C(C)C)ccc1Cl. The van der Waals surface area contributed by atoms with Gasteiger partial charge in [0.25, 0.3) is 0 Å². The second-order valence-corrected chi connectivity index (χ2v) is 7.28. The van der Waals surface area contributed by atoms with Gasteiger partial charge in [0.1, 0.15) is 5.75 Å². The number of nitrogens with one attached hydrogen (secondary N) is 1.